The second kappa shape index (κ2) is 9.13. The Bertz CT molecular complexity index is 711. The highest BCUT2D eigenvalue weighted by molar-refractivity contribution is 6.07. The molecule has 1 spiro atoms. The van der Waals surface area contributed by atoms with Crippen molar-refractivity contribution < 1.29 is 19.1 Å². The maximum absolute atomic E-state index is 13.5. The molecule has 7 heteroatoms. The van der Waals surface area contributed by atoms with E-state index in [0.29, 0.717) is 32.0 Å². The van der Waals surface area contributed by atoms with E-state index in [0.717, 1.165) is 30.8 Å². The van der Waals surface area contributed by atoms with Crippen molar-refractivity contribution in [1.82, 2.24) is 14.7 Å². The van der Waals surface area contributed by atoms with Crippen LogP contribution >= 0.6 is 0 Å². The van der Waals surface area contributed by atoms with Gasteiger partial charge in [0.15, 0.2) is 0 Å². The molecule has 1 aromatic rings. The highest BCUT2D eigenvalue weighted by Crippen LogP contribution is 2.38. The summed E-state index contributed by atoms with van der Waals surface area (Å²) in [7, 11) is 3.28. The summed E-state index contributed by atoms with van der Waals surface area (Å²) in [5, 5.41) is 0. The summed E-state index contributed by atoms with van der Waals surface area (Å²) < 4.78 is 10.4. The molecule has 2 aliphatic rings. The van der Waals surface area contributed by atoms with Crippen LogP contribution in [0.2, 0.25) is 0 Å². The summed E-state index contributed by atoms with van der Waals surface area (Å²) in [6, 6.07) is 7.78. The molecular formula is C22H33N3O4. The highest BCUT2D eigenvalue weighted by Gasteiger charge is 2.57. The normalized spacial score (nSPS) is 19.6. The van der Waals surface area contributed by atoms with Crippen molar-refractivity contribution in [2.75, 3.05) is 40.5 Å². The number of urea groups is 1. The fourth-order valence-corrected chi connectivity index (χ4v) is 4.41. The molecule has 0 aliphatic carbocycles. The minimum atomic E-state index is -0.720. The van der Waals surface area contributed by atoms with Crippen LogP contribution < -0.4 is 4.74 Å². The minimum Gasteiger partial charge on any atom is -0.497 e. The van der Waals surface area contributed by atoms with Gasteiger partial charge in [-0.3, -0.25) is 9.69 Å². The van der Waals surface area contributed by atoms with Crippen LogP contribution in [0.15, 0.2) is 24.3 Å². The van der Waals surface area contributed by atoms with E-state index in [1.807, 2.05) is 29.2 Å². The molecule has 1 aromatic carbocycles. The first-order valence-electron chi connectivity index (χ1n) is 10.4. The van der Waals surface area contributed by atoms with E-state index in [2.05, 4.69) is 18.7 Å². The maximum Gasteiger partial charge on any atom is 0.327 e. The van der Waals surface area contributed by atoms with Crippen LogP contribution in [0.3, 0.4) is 0 Å². The Morgan fingerprint density at radius 3 is 2.28 bits per heavy atom. The molecule has 2 fully saturated rings. The van der Waals surface area contributed by atoms with Gasteiger partial charge in [0, 0.05) is 39.4 Å². The quantitative estimate of drug-likeness (QED) is 0.493. The summed E-state index contributed by atoms with van der Waals surface area (Å²) >= 11 is 0. The van der Waals surface area contributed by atoms with E-state index in [1.165, 1.54) is 4.90 Å². The summed E-state index contributed by atoms with van der Waals surface area (Å²) in [6.07, 6.45) is 2.09. The van der Waals surface area contributed by atoms with Gasteiger partial charge in [-0.2, -0.15) is 0 Å². The van der Waals surface area contributed by atoms with E-state index < -0.39 is 5.54 Å². The number of rotatable bonds is 8. The third-order valence-electron chi connectivity index (χ3n) is 6.21. The minimum absolute atomic E-state index is 0.0564. The summed E-state index contributed by atoms with van der Waals surface area (Å²) in [5.41, 5.74) is 0.198. The Hall–Kier alpha value is -2.12. The van der Waals surface area contributed by atoms with Crippen molar-refractivity contribution in [3.63, 3.8) is 0 Å². The van der Waals surface area contributed by atoms with Crippen LogP contribution in [-0.2, 0) is 16.1 Å². The van der Waals surface area contributed by atoms with Crippen LogP contribution in [0.1, 0.15) is 38.7 Å². The number of carbonyl (C=O) groups is 2. The van der Waals surface area contributed by atoms with Gasteiger partial charge in [-0.25, -0.2) is 4.79 Å². The van der Waals surface area contributed by atoms with Crippen molar-refractivity contribution in [2.45, 2.75) is 51.2 Å². The molecule has 160 valence electrons. The molecule has 3 rings (SSSR count). The lowest BCUT2D eigenvalue weighted by Crippen LogP contribution is -2.57. The van der Waals surface area contributed by atoms with Crippen LogP contribution in [0, 0.1) is 0 Å². The Morgan fingerprint density at radius 1 is 1.07 bits per heavy atom. The average molecular weight is 404 g/mol. The molecule has 7 nitrogen and oxygen atoms in total. The Morgan fingerprint density at radius 2 is 1.72 bits per heavy atom. The second-order valence-electron chi connectivity index (χ2n) is 8.18. The molecule has 0 unspecified atom stereocenters. The number of ether oxygens (including phenoxy) is 2. The molecule has 0 aromatic heterocycles. The lowest BCUT2D eigenvalue weighted by Gasteiger charge is -2.43. The molecule has 0 radical (unpaired) electrons. The predicted molar refractivity (Wildman–Crippen MR) is 111 cm³/mol. The first-order chi connectivity index (χ1) is 13.9. The zero-order chi connectivity index (χ0) is 21.0. The number of benzene rings is 1. The molecule has 0 bridgehead atoms. The van der Waals surface area contributed by atoms with Gasteiger partial charge in [0.1, 0.15) is 11.3 Å². The summed E-state index contributed by atoms with van der Waals surface area (Å²) in [5.74, 6) is 0.700. The number of methoxy groups -OCH3 is 2. The van der Waals surface area contributed by atoms with Crippen molar-refractivity contribution in [1.29, 1.82) is 0 Å². The molecule has 0 atom stereocenters. The lowest BCUT2D eigenvalue weighted by atomic mass is 9.85. The van der Waals surface area contributed by atoms with E-state index >= 15 is 0 Å². The van der Waals surface area contributed by atoms with Gasteiger partial charge >= 0.3 is 6.03 Å². The van der Waals surface area contributed by atoms with Crippen LogP contribution in [-0.4, -0.2) is 78.7 Å². The van der Waals surface area contributed by atoms with Gasteiger partial charge in [-0.05, 0) is 50.8 Å². The Balaban J connectivity index is 1.81. The van der Waals surface area contributed by atoms with Gasteiger partial charge in [0.25, 0.3) is 5.91 Å². The zero-order valence-corrected chi connectivity index (χ0v) is 18.0. The number of likely N-dealkylation sites (tertiary alicyclic amines) is 1. The standard InChI is InChI=1S/C22H33N3O4/c1-17(2)23-13-10-22(11-14-23)20(26)24(21(27)25(22)12-5-15-28-3)16-18-6-8-19(29-4)9-7-18/h6-9,17H,5,10-16H2,1-4H3. The van der Waals surface area contributed by atoms with Gasteiger partial charge < -0.3 is 19.3 Å². The molecule has 2 saturated heterocycles. The van der Waals surface area contributed by atoms with Gasteiger partial charge in [-0.1, -0.05) is 12.1 Å². The second-order valence-corrected chi connectivity index (χ2v) is 8.18. The fraction of sp³-hybridized carbons (Fsp3) is 0.636. The predicted octanol–water partition coefficient (Wildman–Crippen LogP) is 2.74. The van der Waals surface area contributed by atoms with Gasteiger partial charge in [0.2, 0.25) is 0 Å². The molecule has 2 aliphatic heterocycles. The number of hydrogen-bond acceptors (Lipinski definition) is 5. The number of piperidine rings is 1. The molecule has 2 heterocycles. The molecule has 0 saturated carbocycles. The fourth-order valence-electron chi connectivity index (χ4n) is 4.41. The van der Waals surface area contributed by atoms with Crippen molar-refractivity contribution >= 4 is 11.9 Å². The molecule has 0 N–H and O–H groups in total. The number of hydrogen-bond donors (Lipinski definition) is 0. The summed E-state index contributed by atoms with van der Waals surface area (Å²) in [6.45, 7) is 7.40. The lowest BCUT2D eigenvalue weighted by molar-refractivity contribution is -0.136. The smallest absolute Gasteiger partial charge is 0.327 e. The maximum atomic E-state index is 13.5. The van der Waals surface area contributed by atoms with E-state index in [1.54, 1.807) is 14.2 Å². The molecule has 29 heavy (non-hydrogen) atoms. The largest absolute Gasteiger partial charge is 0.497 e. The Kier molecular flexibility index (Phi) is 6.80. The third kappa shape index (κ3) is 4.26. The monoisotopic (exact) mass is 403 g/mol. The van der Waals surface area contributed by atoms with Crippen LogP contribution in [0.25, 0.3) is 0 Å². The van der Waals surface area contributed by atoms with Gasteiger partial charge in [0.05, 0.1) is 13.7 Å². The van der Waals surface area contributed by atoms with Crippen LogP contribution in [0.5, 0.6) is 5.75 Å². The highest BCUT2D eigenvalue weighted by atomic mass is 16.5. The Labute approximate surface area is 173 Å². The van der Waals surface area contributed by atoms with E-state index in [9.17, 15) is 9.59 Å². The van der Waals surface area contributed by atoms with E-state index in [-0.39, 0.29) is 18.5 Å². The SMILES string of the molecule is COCCCN1C(=O)N(Cc2ccc(OC)cc2)C(=O)C12CCN(C(C)C)CC2. The summed E-state index contributed by atoms with van der Waals surface area (Å²) in [4.78, 5) is 32.4. The van der Waals surface area contributed by atoms with E-state index in [4.69, 9.17) is 9.47 Å². The topological polar surface area (TPSA) is 62.3 Å². The number of amides is 3. The van der Waals surface area contributed by atoms with Crippen molar-refractivity contribution in [3.8, 4) is 5.75 Å². The number of nitrogens with zero attached hydrogens (tertiary/aromatic N) is 3. The first kappa shape index (κ1) is 21.6. The molecular weight excluding hydrogens is 370 g/mol. The first-order valence-corrected chi connectivity index (χ1v) is 10.4. The molecule has 3 amide bonds. The zero-order valence-electron chi connectivity index (χ0n) is 18.0. The van der Waals surface area contributed by atoms with Crippen LogP contribution in [0.4, 0.5) is 4.79 Å². The van der Waals surface area contributed by atoms with Crippen molar-refractivity contribution in [2.24, 2.45) is 0 Å². The average Bonchev–Trinajstić information content (AvgIpc) is 2.91. The number of carbonyl (C=O) groups excluding carboxylic acids is 2. The van der Waals surface area contributed by atoms with Crippen molar-refractivity contribution in [3.05, 3.63) is 29.8 Å². The third-order valence-corrected chi connectivity index (χ3v) is 6.21. The van der Waals surface area contributed by atoms with Gasteiger partial charge in [-0.15, -0.1) is 0 Å². The number of imide groups is 1.